The molecule has 0 atom stereocenters. The molecule has 1 fully saturated rings. The zero-order valence-corrected chi connectivity index (χ0v) is 13.3. The monoisotopic (exact) mass is 338 g/mol. The molecular formula is C16H17F3N4O. The van der Waals surface area contributed by atoms with E-state index in [0.29, 0.717) is 17.7 Å². The summed E-state index contributed by atoms with van der Waals surface area (Å²) in [6.07, 6.45) is -0.908. The number of halogens is 3. The minimum absolute atomic E-state index is 0.206. The average molecular weight is 338 g/mol. The van der Waals surface area contributed by atoms with Crippen LogP contribution in [0.15, 0.2) is 18.3 Å². The van der Waals surface area contributed by atoms with Crippen LogP contribution < -0.4 is 5.32 Å². The third-order valence-electron chi connectivity index (χ3n) is 4.04. The number of nitrogens with one attached hydrogen (secondary N) is 1. The molecule has 2 aromatic heterocycles. The number of alkyl halides is 3. The van der Waals surface area contributed by atoms with Crippen molar-refractivity contribution in [3.8, 4) is 0 Å². The molecule has 0 radical (unpaired) electrons. The van der Waals surface area contributed by atoms with Gasteiger partial charge in [-0.1, -0.05) is 6.07 Å². The number of hydrogen-bond acceptors (Lipinski definition) is 3. The van der Waals surface area contributed by atoms with Gasteiger partial charge in [0.15, 0.2) is 5.69 Å². The first-order valence-electron chi connectivity index (χ1n) is 7.61. The van der Waals surface area contributed by atoms with E-state index in [1.54, 1.807) is 18.7 Å². The van der Waals surface area contributed by atoms with Crippen LogP contribution in [0.3, 0.4) is 0 Å². The van der Waals surface area contributed by atoms with Crippen LogP contribution in [0, 0.1) is 6.92 Å². The summed E-state index contributed by atoms with van der Waals surface area (Å²) in [5.41, 5.74) is 1.58. The van der Waals surface area contributed by atoms with Crippen LogP contribution >= 0.6 is 0 Å². The largest absolute Gasteiger partial charge is 0.433 e. The summed E-state index contributed by atoms with van der Waals surface area (Å²) in [6.45, 7) is 1.79. The van der Waals surface area contributed by atoms with Gasteiger partial charge in [0, 0.05) is 37.0 Å². The molecule has 0 saturated heterocycles. The Morgan fingerprint density at radius 2 is 2.08 bits per heavy atom. The van der Waals surface area contributed by atoms with Crippen molar-refractivity contribution in [1.29, 1.82) is 0 Å². The summed E-state index contributed by atoms with van der Waals surface area (Å²) in [5, 5.41) is 7.14. The normalized spacial score (nSPS) is 14.7. The van der Waals surface area contributed by atoms with Crippen LogP contribution in [0.4, 0.5) is 13.2 Å². The van der Waals surface area contributed by atoms with E-state index in [2.05, 4.69) is 15.4 Å². The van der Waals surface area contributed by atoms with Crippen LogP contribution in [-0.4, -0.2) is 26.7 Å². The molecule has 24 heavy (non-hydrogen) atoms. The second-order valence-electron chi connectivity index (χ2n) is 6.02. The number of amides is 1. The van der Waals surface area contributed by atoms with E-state index in [1.807, 2.05) is 0 Å². The standard InChI is InChI=1S/C16H17F3N4O/c1-9-12(7-10-3-6-13(20-8-10)16(17,18)19)23(2)22-14(9)15(24)21-11-4-5-11/h3,6,8,11H,4-5,7H2,1-2H3,(H,21,24). The fraction of sp³-hybridized carbons (Fsp3) is 0.438. The Kier molecular flexibility index (Phi) is 4.06. The first-order valence-corrected chi connectivity index (χ1v) is 7.61. The van der Waals surface area contributed by atoms with Gasteiger partial charge in [0.1, 0.15) is 5.69 Å². The lowest BCUT2D eigenvalue weighted by atomic mass is 10.1. The van der Waals surface area contributed by atoms with Gasteiger partial charge in [-0.25, -0.2) is 0 Å². The highest BCUT2D eigenvalue weighted by atomic mass is 19.4. The lowest BCUT2D eigenvalue weighted by Gasteiger charge is -2.07. The van der Waals surface area contributed by atoms with Crippen molar-refractivity contribution in [1.82, 2.24) is 20.1 Å². The molecular weight excluding hydrogens is 321 g/mol. The second kappa shape index (κ2) is 5.92. The van der Waals surface area contributed by atoms with Crippen molar-refractivity contribution >= 4 is 5.91 Å². The van der Waals surface area contributed by atoms with E-state index in [0.717, 1.165) is 30.2 Å². The SMILES string of the molecule is Cc1c(C(=O)NC2CC2)nn(C)c1Cc1ccc(C(F)(F)F)nc1. The fourth-order valence-electron chi connectivity index (χ4n) is 2.50. The van der Waals surface area contributed by atoms with Crippen molar-refractivity contribution < 1.29 is 18.0 Å². The van der Waals surface area contributed by atoms with Crippen LogP contribution in [0.25, 0.3) is 0 Å². The number of nitrogens with zero attached hydrogens (tertiary/aromatic N) is 3. The lowest BCUT2D eigenvalue weighted by molar-refractivity contribution is -0.141. The minimum atomic E-state index is -4.45. The number of rotatable bonds is 4. The molecule has 0 bridgehead atoms. The van der Waals surface area contributed by atoms with Gasteiger partial charge in [-0.05, 0) is 31.4 Å². The number of pyridine rings is 1. The molecule has 1 amide bonds. The zero-order chi connectivity index (χ0) is 17.5. The van der Waals surface area contributed by atoms with Gasteiger partial charge in [-0.15, -0.1) is 0 Å². The first-order chi connectivity index (χ1) is 11.3. The third kappa shape index (κ3) is 3.42. The number of carbonyl (C=O) groups is 1. The molecule has 2 aromatic rings. The lowest BCUT2D eigenvalue weighted by Crippen LogP contribution is -2.26. The van der Waals surface area contributed by atoms with Crippen molar-refractivity contribution in [2.45, 2.75) is 38.4 Å². The first kappa shape index (κ1) is 16.5. The van der Waals surface area contributed by atoms with Crippen molar-refractivity contribution in [2.24, 2.45) is 7.05 Å². The molecule has 128 valence electrons. The van der Waals surface area contributed by atoms with Gasteiger partial charge >= 0.3 is 6.18 Å². The average Bonchev–Trinajstić information content (AvgIpc) is 3.28. The summed E-state index contributed by atoms with van der Waals surface area (Å²) in [5.74, 6) is -0.206. The smallest absolute Gasteiger partial charge is 0.348 e. The topological polar surface area (TPSA) is 59.8 Å². The maximum absolute atomic E-state index is 12.6. The van der Waals surface area contributed by atoms with Crippen molar-refractivity contribution in [3.63, 3.8) is 0 Å². The quantitative estimate of drug-likeness (QED) is 0.932. The molecule has 8 heteroatoms. The fourth-order valence-corrected chi connectivity index (χ4v) is 2.50. The van der Waals surface area contributed by atoms with Gasteiger partial charge in [0.05, 0.1) is 0 Å². The second-order valence-corrected chi connectivity index (χ2v) is 6.02. The summed E-state index contributed by atoms with van der Waals surface area (Å²) in [7, 11) is 1.72. The van der Waals surface area contributed by atoms with Gasteiger partial charge in [-0.2, -0.15) is 18.3 Å². The molecule has 0 unspecified atom stereocenters. The number of hydrogen-bond donors (Lipinski definition) is 1. The molecule has 0 aromatic carbocycles. The molecule has 2 heterocycles. The van der Waals surface area contributed by atoms with Gasteiger partial charge in [0.2, 0.25) is 0 Å². The van der Waals surface area contributed by atoms with E-state index in [1.165, 1.54) is 12.3 Å². The Hall–Kier alpha value is -2.38. The number of aromatic nitrogens is 3. The molecule has 0 spiro atoms. The Bertz CT molecular complexity index is 761. The predicted octanol–water partition coefficient (Wildman–Crippen LogP) is 2.63. The summed E-state index contributed by atoms with van der Waals surface area (Å²) in [4.78, 5) is 15.6. The Morgan fingerprint density at radius 3 is 2.62 bits per heavy atom. The zero-order valence-electron chi connectivity index (χ0n) is 13.3. The molecule has 3 rings (SSSR count). The highest BCUT2D eigenvalue weighted by molar-refractivity contribution is 5.94. The van der Waals surface area contributed by atoms with Crippen LogP contribution in [0.5, 0.6) is 0 Å². The Labute approximate surface area is 136 Å². The maximum Gasteiger partial charge on any atom is 0.433 e. The van der Waals surface area contributed by atoms with Crippen LogP contribution in [0.2, 0.25) is 0 Å². The summed E-state index contributed by atoms with van der Waals surface area (Å²) in [6, 6.07) is 2.59. The molecule has 5 nitrogen and oxygen atoms in total. The summed E-state index contributed by atoms with van der Waals surface area (Å²) < 4.78 is 39.3. The minimum Gasteiger partial charge on any atom is -0.348 e. The predicted molar refractivity (Wildman–Crippen MR) is 80.5 cm³/mol. The Balaban J connectivity index is 1.79. The Morgan fingerprint density at radius 1 is 1.38 bits per heavy atom. The highest BCUT2D eigenvalue weighted by Crippen LogP contribution is 2.27. The molecule has 1 aliphatic carbocycles. The third-order valence-corrected chi connectivity index (χ3v) is 4.04. The summed E-state index contributed by atoms with van der Waals surface area (Å²) >= 11 is 0. The van der Waals surface area contributed by atoms with Gasteiger partial charge < -0.3 is 5.32 Å². The molecule has 1 aliphatic rings. The van der Waals surface area contributed by atoms with E-state index in [9.17, 15) is 18.0 Å². The van der Waals surface area contributed by atoms with E-state index >= 15 is 0 Å². The molecule has 1 saturated carbocycles. The highest BCUT2D eigenvalue weighted by Gasteiger charge is 2.32. The maximum atomic E-state index is 12.6. The van der Waals surface area contributed by atoms with Crippen molar-refractivity contribution in [2.75, 3.05) is 0 Å². The van der Waals surface area contributed by atoms with E-state index in [4.69, 9.17) is 0 Å². The number of aryl methyl sites for hydroxylation is 1. The molecule has 1 N–H and O–H groups in total. The number of carbonyl (C=O) groups excluding carboxylic acids is 1. The van der Waals surface area contributed by atoms with Crippen LogP contribution in [-0.2, 0) is 19.6 Å². The van der Waals surface area contributed by atoms with Crippen molar-refractivity contribution in [3.05, 3.63) is 46.5 Å². The van der Waals surface area contributed by atoms with Gasteiger partial charge in [0.25, 0.3) is 5.91 Å². The van der Waals surface area contributed by atoms with Gasteiger partial charge in [-0.3, -0.25) is 14.5 Å². The molecule has 0 aliphatic heterocycles. The van der Waals surface area contributed by atoms with Crippen LogP contribution in [0.1, 0.15) is 45.8 Å². The van der Waals surface area contributed by atoms with E-state index < -0.39 is 11.9 Å². The van der Waals surface area contributed by atoms with E-state index in [-0.39, 0.29) is 11.9 Å².